The molecule has 1 aromatic heterocycles. The molecule has 2 aromatic carbocycles. The molecular formula is C24H25ClN4O3. The fourth-order valence-corrected chi connectivity index (χ4v) is 3.83. The van der Waals surface area contributed by atoms with E-state index in [9.17, 15) is 4.79 Å². The maximum absolute atomic E-state index is 12.2. The number of halogens is 1. The lowest BCUT2D eigenvalue weighted by Crippen LogP contribution is -2.23. The second kappa shape index (κ2) is 8.39. The van der Waals surface area contributed by atoms with E-state index >= 15 is 0 Å². The SMILES string of the molecule is COC(=O)C[C@@H]1N=C(c2ccc(Cl)cc2)c2cc(OC(C)(C)C)ccc2-n2c(C)nnc21. The van der Waals surface area contributed by atoms with E-state index in [-0.39, 0.29) is 18.0 Å². The summed E-state index contributed by atoms with van der Waals surface area (Å²) < 4.78 is 13.0. The maximum atomic E-state index is 12.2. The average Bonchev–Trinajstić information content (AvgIpc) is 3.05. The molecule has 0 radical (unpaired) electrons. The summed E-state index contributed by atoms with van der Waals surface area (Å²) in [5.41, 5.74) is 2.95. The second-order valence-corrected chi connectivity index (χ2v) is 9.05. The summed E-state index contributed by atoms with van der Waals surface area (Å²) in [5, 5.41) is 9.24. The van der Waals surface area contributed by atoms with Crippen LogP contribution in [0.1, 0.15) is 56.0 Å². The molecule has 0 amide bonds. The van der Waals surface area contributed by atoms with Crippen LogP contribution in [0.15, 0.2) is 47.5 Å². The molecule has 0 aliphatic carbocycles. The van der Waals surface area contributed by atoms with Gasteiger partial charge in [0.25, 0.3) is 0 Å². The first-order chi connectivity index (χ1) is 15.2. The van der Waals surface area contributed by atoms with Crippen LogP contribution in [0, 0.1) is 6.92 Å². The number of aryl methyl sites for hydroxylation is 1. The number of carbonyl (C=O) groups excluding carboxylic acids is 1. The normalized spacial score (nSPS) is 15.3. The minimum absolute atomic E-state index is 0.0467. The third-order valence-electron chi connectivity index (χ3n) is 5.03. The topological polar surface area (TPSA) is 78.6 Å². The Balaban J connectivity index is 1.97. The third kappa shape index (κ3) is 4.39. The van der Waals surface area contributed by atoms with E-state index < -0.39 is 6.04 Å². The van der Waals surface area contributed by atoms with Crippen molar-refractivity contribution in [1.29, 1.82) is 0 Å². The van der Waals surface area contributed by atoms with E-state index in [0.29, 0.717) is 16.7 Å². The van der Waals surface area contributed by atoms with Gasteiger partial charge in [0.1, 0.15) is 23.2 Å². The lowest BCUT2D eigenvalue weighted by molar-refractivity contribution is -0.141. The van der Waals surface area contributed by atoms with Crippen LogP contribution in [-0.4, -0.2) is 39.2 Å². The van der Waals surface area contributed by atoms with E-state index in [1.54, 1.807) is 0 Å². The molecule has 0 unspecified atom stereocenters. The Morgan fingerprint density at radius 3 is 2.50 bits per heavy atom. The van der Waals surface area contributed by atoms with E-state index in [1.165, 1.54) is 7.11 Å². The molecule has 0 N–H and O–H groups in total. The average molecular weight is 453 g/mol. The number of fused-ring (bicyclic) bond motifs is 3. The summed E-state index contributed by atoms with van der Waals surface area (Å²) in [5.74, 6) is 1.64. The molecule has 3 aromatic rings. The Labute approximate surface area is 192 Å². The van der Waals surface area contributed by atoms with Crippen LogP contribution in [0.3, 0.4) is 0 Å². The van der Waals surface area contributed by atoms with Gasteiger partial charge in [0.05, 0.1) is 24.9 Å². The number of hydrogen-bond donors (Lipinski definition) is 0. The number of aromatic nitrogens is 3. The highest BCUT2D eigenvalue weighted by Crippen LogP contribution is 2.35. The monoisotopic (exact) mass is 452 g/mol. The molecule has 8 heteroatoms. The van der Waals surface area contributed by atoms with Gasteiger partial charge in [0.15, 0.2) is 5.82 Å². The first kappa shape index (κ1) is 22.0. The predicted molar refractivity (Wildman–Crippen MR) is 123 cm³/mol. The molecule has 0 saturated carbocycles. The van der Waals surface area contributed by atoms with Gasteiger partial charge in [0, 0.05) is 16.1 Å². The lowest BCUT2D eigenvalue weighted by Gasteiger charge is -2.22. The van der Waals surface area contributed by atoms with Crippen LogP contribution in [0.2, 0.25) is 5.02 Å². The highest BCUT2D eigenvalue weighted by Gasteiger charge is 2.30. The summed E-state index contributed by atoms with van der Waals surface area (Å²) in [6.45, 7) is 7.88. The predicted octanol–water partition coefficient (Wildman–Crippen LogP) is 4.86. The van der Waals surface area contributed by atoms with E-state index in [0.717, 1.165) is 28.3 Å². The Morgan fingerprint density at radius 2 is 1.84 bits per heavy atom. The van der Waals surface area contributed by atoms with Crippen LogP contribution in [-0.2, 0) is 9.53 Å². The van der Waals surface area contributed by atoms with Gasteiger partial charge in [-0.05, 0) is 58.0 Å². The molecule has 1 aliphatic rings. The van der Waals surface area contributed by atoms with Gasteiger partial charge in [-0.3, -0.25) is 14.4 Å². The van der Waals surface area contributed by atoms with Gasteiger partial charge in [0.2, 0.25) is 0 Å². The number of rotatable bonds is 4. The molecular weight excluding hydrogens is 428 g/mol. The van der Waals surface area contributed by atoms with Crippen LogP contribution < -0.4 is 4.74 Å². The van der Waals surface area contributed by atoms with E-state index in [4.69, 9.17) is 26.1 Å². The van der Waals surface area contributed by atoms with Gasteiger partial charge in [-0.2, -0.15) is 0 Å². The summed E-state index contributed by atoms with van der Waals surface area (Å²) in [6.07, 6.45) is 0.0467. The summed E-state index contributed by atoms with van der Waals surface area (Å²) in [6, 6.07) is 12.8. The smallest absolute Gasteiger partial charge is 0.308 e. The fourth-order valence-electron chi connectivity index (χ4n) is 3.71. The first-order valence-corrected chi connectivity index (χ1v) is 10.7. The molecule has 32 heavy (non-hydrogen) atoms. The Hall–Kier alpha value is -3.19. The van der Waals surface area contributed by atoms with Crippen molar-refractivity contribution in [1.82, 2.24) is 14.8 Å². The molecule has 0 fully saturated rings. The minimum Gasteiger partial charge on any atom is -0.488 e. The molecule has 4 rings (SSSR count). The molecule has 2 heterocycles. The van der Waals surface area contributed by atoms with Crippen molar-refractivity contribution in [2.75, 3.05) is 7.11 Å². The van der Waals surface area contributed by atoms with Crippen LogP contribution in [0.4, 0.5) is 0 Å². The van der Waals surface area contributed by atoms with Crippen LogP contribution in [0.25, 0.3) is 5.69 Å². The highest BCUT2D eigenvalue weighted by molar-refractivity contribution is 6.30. The van der Waals surface area contributed by atoms with Gasteiger partial charge in [-0.15, -0.1) is 10.2 Å². The number of esters is 1. The minimum atomic E-state index is -0.561. The van der Waals surface area contributed by atoms with Crippen molar-refractivity contribution in [3.63, 3.8) is 0 Å². The quantitative estimate of drug-likeness (QED) is 0.528. The molecule has 0 saturated heterocycles. The van der Waals surface area contributed by atoms with Crippen molar-refractivity contribution in [3.05, 3.63) is 70.3 Å². The Bertz CT molecular complexity index is 1190. The number of methoxy groups -OCH3 is 1. The van der Waals surface area contributed by atoms with Crippen molar-refractivity contribution in [3.8, 4) is 11.4 Å². The molecule has 1 atom stereocenters. The Morgan fingerprint density at radius 1 is 1.12 bits per heavy atom. The number of carbonyl (C=O) groups is 1. The van der Waals surface area contributed by atoms with Crippen molar-refractivity contribution < 1.29 is 14.3 Å². The maximum Gasteiger partial charge on any atom is 0.308 e. The zero-order valence-corrected chi connectivity index (χ0v) is 19.5. The summed E-state index contributed by atoms with van der Waals surface area (Å²) >= 11 is 6.13. The number of benzene rings is 2. The van der Waals surface area contributed by atoms with Gasteiger partial charge >= 0.3 is 5.97 Å². The molecule has 166 valence electrons. The lowest BCUT2D eigenvalue weighted by atomic mass is 9.99. The van der Waals surface area contributed by atoms with Crippen LogP contribution in [0.5, 0.6) is 5.75 Å². The number of nitrogens with zero attached hydrogens (tertiary/aromatic N) is 4. The second-order valence-electron chi connectivity index (χ2n) is 8.61. The van der Waals surface area contributed by atoms with Gasteiger partial charge in [-0.1, -0.05) is 23.7 Å². The van der Waals surface area contributed by atoms with Gasteiger partial charge in [-0.25, -0.2) is 0 Å². The first-order valence-electron chi connectivity index (χ1n) is 10.3. The molecule has 1 aliphatic heterocycles. The highest BCUT2D eigenvalue weighted by atomic mass is 35.5. The van der Waals surface area contributed by atoms with Gasteiger partial charge < -0.3 is 9.47 Å². The van der Waals surface area contributed by atoms with Crippen molar-refractivity contribution in [2.24, 2.45) is 4.99 Å². The molecule has 0 bridgehead atoms. The number of hydrogen-bond acceptors (Lipinski definition) is 6. The molecule has 7 nitrogen and oxygen atoms in total. The zero-order valence-electron chi connectivity index (χ0n) is 18.7. The van der Waals surface area contributed by atoms with Crippen molar-refractivity contribution in [2.45, 2.75) is 45.8 Å². The van der Waals surface area contributed by atoms with E-state index in [1.807, 2.05) is 74.7 Å². The third-order valence-corrected chi connectivity index (χ3v) is 5.28. The van der Waals surface area contributed by atoms with Crippen LogP contribution >= 0.6 is 11.6 Å². The zero-order chi connectivity index (χ0) is 23.0. The number of aliphatic imine (C=N–C) groups is 1. The number of ether oxygens (including phenoxy) is 2. The summed E-state index contributed by atoms with van der Waals surface area (Å²) in [7, 11) is 1.36. The van der Waals surface area contributed by atoms with Crippen molar-refractivity contribution >= 4 is 23.3 Å². The Kier molecular flexibility index (Phi) is 5.77. The standard InChI is InChI=1S/C24H25ClN4O3/c1-14-27-28-23-19(13-21(30)31-5)26-22(15-6-8-16(25)9-7-15)18-12-17(32-24(2,3)4)10-11-20(18)29(14)23/h6-12,19H,13H2,1-5H3/t19-/m0/s1. The van der Waals surface area contributed by atoms with E-state index in [2.05, 4.69) is 10.2 Å². The molecule has 0 spiro atoms. The summed E-state index contributed by atoms with van der Waals surface area (Å²) in [4.78, 5) is 17.2. The largest absolute Gasteiger partial charge is 0.488 e. The fraction of sp³-hybridized carbons (Fsp3) is 0.333.